The van der Waals surface area contributed by atoms with Gasteiger partial charge in [-0.15, -0.1) is 10.2 Å². The van der Waals surface area contributed by atoms with Crippen molar-refractivity contribution in [1.82, 2.24) is 19.2 Å². The average Bonchev–Trinajstić information content (AvgIpc) is 2.88. The van der Waals surface area contributed by atoms with Crippen molar-refractivity contribution < 1.29 is 4.74 Å². The number of aryl methyl sites for hydroxylation is 1. The Morgan fingerprint density at radius 3 is 2.94 bits per heavy atom. The van der Waals surface area contributed by atoms with Gasteiger partial charge in [-0.3, -0.25) is 13.8 Å². The van der Waals surface area contributed by atoms with Crippen molar-refractivity contribution in [2.75, 3.05) is 7.11 Å². The number of nitrogens with zero attached hydrogens (tertiary/aromatic N) is 4. The van der Waals surface area contributed by atoms with Crippen LogP contribution in [0.5, 0.6) is 5.75 Å². The first kappa shape index (κ1) is 10.8. The molecule has 0 aliphatic heterocycles. The van der Waals surface area contributed by atoms with Crippen LogP contribution in [0.2, 0.25) is 0 Å². The Kier molecular flexibility index (Phi) is 2.29. The SMILES string of the molecule is CCn1c(=O)c2cc(OC)ccc2n2cnnc12. The maximum atomic E-state index is 12.4. The van der Waals surface area contributed by atoms with E-state index in [1.807, 2.05) is 19.1 Å². The van der Waals surface area contributed by atoms with Crippen LogP contribution in [0.1, 0.15) is 6.92 Å². The molecule has 0 saturated heterocycles. The summed E-state index contributed by atoms with van der Waals surface area (Å²) in [7, 11) is 1.58. The predicted octanol–water partition coefficient (Wildman–Crippen LogP) is 1.07. The monoisotopic (exact) mass is 244 g/mol. The lowest BCUT2D eigenvalue weighted by atomic mass is 10.2. The van der Waals surface area contributed by atoms with Crippen LogP contribution in [0, 0.1) is 0 Å². The van der Waals surface area contributed by atoms with E-state index in [2.05, 4.69) is 10.2 Å². The van der Waals surface area contributed by atoms with Crippen LogP contribution in [-0.2, 0) is 6.54 Å². The van der Waals surface area contributed by atoms with Crippen molar-refractivity contribution in [3.63, 3.8) is 0 Å². The molecule has 18 heavy (non-hydrogen) atoms. The van der Waals surface area contributed by atoms with E-state index in [4.69, 9.17) is 4.74 Å². The van der Waals surface area contributed by atoms with E-state index >= 15 is 0 Å². The normalized spacial score (nSPS) is 11.2. The van der Waals surface area contributed by atoms with Gasteiger partial charge in [-0.1, -0.05) is 0 Å². The number of hydrogen-bond donors (Lipinski definition) is 0. The molecule has 6 nitrogen and oxygen atoms in total. The average molecular weight is 244 g/mol. The molecule has 0 bridgehead atoms. The van der Waals surface area contributed by atoms with E-state index in [0.29, 0.717) is 23.5 Å². The van der Waals surface area contributed by atoms with E-state index in [1.54, 1.807) is 28.5 Å². The van der Waals surface area contributed by atoms with Gasteiger partial charge in [0, 0.05) is 6.54 Å². The molecule has 2 aromatic heterocycles. The zero-order valence-corrected chi connectivity index (χ0v) is 10.1. The van der Waals surface area contributed by atoms with Crippen LogP contribution in [0.3, 0.4) is 0 Å². The van der Waals surface area contributed by atoms with Crippen molar-refractivity contribution in [3.05, 3.63) is 34.9 Å². The number of aromatic nitrogens is 4. The minimum atomic E-state index is -0.0769. The molecule has 1 aromatic carbocycles. The van der Waals surface area contributed by atoms with Crippen molar-refractivity contribution in [2.24, 2.45) is 0 Å². The molecule has 0 unspecified atom stereocenters. The predicted molar refractivity (Wildman–Crippen MR) is 67.0 cm³/mol. The van der Waals surface area contributed by atoms with Crippen LogP contribution < -0.4 is 10.3 Å². The fraction of sp³-hybridized carbons (Fsp3) is 0.250. The third kappa shape index (κ3) is 1.32. The van der Waals surface area contributed by atoms with Gasteiger partial charge in [-0.25, -0.2) is 0 Å². The summed E-state index contributed by atoms with van der Waals surface area (Å²) in [4.78, 5) is 12.4. The summed E-state index contributed by atoms with van der Waals surface area (Å²) in [6.45, 7) is 2.45. The molecule has 92 valence electrons. The highest BCUT2D eigenvalue weighted by molar-refractivity contribution is 5.81. The summed E-state index contributed by atoms with van der Waals surface area (Å²) in [6.07, 6.45) is 1.61. The van der Waals surface area contributed by atoms with Crippen LogP contribution in [0.25, 0.3) is 16.7 Å². The topological polar surface area (TPSA) is 61.4 Å². The number of rotatable bonds is 2. The fourth-order valence-corrected chi connectivity index (χ4v) is 2.13. The van der Waals surface area contributed by atoms with Gasteiger partial charge in [-0.05, 0) is 25.1 Å². The van der Waals surface area contributed by atoms with E-state index in [9.17, 15) is 4.79 Å². The molecule has 0 N–H and O–H groups in total. The number of ether oxygens (including phenoxy) is 1. The molecule has 0 aliphatic rings. The Morgan fingerprint density at radius 2 is 2.22 bits per heavy atom. The molecule has 0 radical (unpaired) electrons. The number of benzene rings is 1. The van der Waals surface area contributed by atoms with E-state index in [0.717, 1.165) is 5.52 Å². The minimum absolute atomic E-state index is 0.0769. The second kappa shape index (κ2) is 3.83. The third-order valence-electron chi connectivity index (χ3n) is 3.03. The lowest BCUT2D eigenvalue weighted by Gasteiger charge is -2.08. The molecule has 0 saturated carbocycles. The first-order chi connectivity index (χ1) is 8.76. The molecule has 0 amide bonds. The van der Waals surface area contributed by atoms with Crippen LogP contribution >= 0.6 is 0 Å². The largest absolute Gasteiger partial charge is 0.497 e. The first-order valence-electron chi connectivity index (χ1n) is 5.66. The zero-order valence-electron chi connectivity index (χ0n) is 10.1. The van der Waals surface area contributed by atoms with Gasteiger partial charge in [0.05, 0.1) is 18.0 Å². The standard InChI is InChI=1S/C12H12N4O2/c1-3-15-11(17)9-6-8(18-2)4-5-10(9)16-7-13-14-12(15)16/h4-7H,3H2,1-2H3. The third-order valence-corrected chi connectivity index (χ3v) is 3.03. The molecular weight excluding hydrogens is 232 g/mol. The quantitative estimate of drug-likeness (QED) is 0.676. The Labute approximate surface area is 102 Å². The first-order valence-corrected chi connectivity index (χ1v) is 5.66. The maximum Gasteiger partial charge on any atom is 0.262 e. The van der Waals surface area contributed by atoms with Gasteiger partial charge in [0.2, 0.25) is 5.78 Å². The van der Waals surface area contributed by atoms with Crippen LogP contribution in [-0.4, -0.2) is 26.3 Å². The number of fused-ring (bicyclic) bond motifs is 3. The zero-order chi connectivity index (χ0) is 12.7. The summed E-state index contributed by atoms with van der Waals surface area (Å²) in [5.41, 5.74) is 0.706. The molecule has 0 fully saturated rings. The second-order valence-electron chi connectivity index (χ2n) is 3.93. The van der Waals surface area contributed by atoms with Crippen molar-refractivity contribution in [2.45, 2.75) is 13.5 Å². The Balaban J connectivity index is 2.56. The highest BCUT2D eigenvalue weighted by atomic mass is 16.5. The van der Waals surface area contributed by atoms with Crippen molar-refractivity contribution in [3.8, 4) is 5.75 Å². The van der Waals surface area contributed by atoms with Crippen molar-refractivity contribution in [1.29, 1.82) is 0 Å². The van der Waals surface area contributed by atoms with Gasteiger partial charge in [0.25, 0.3) is 5.56 Å². The minimum Gasteiger partial charge on any atom is -0.497 e. The van der Waals surface area contributed by atoms with Crippen LogP contribution in [0.15, 0.2) is 29.3 Å². The molecular formula is C12H12N4O2. The summed E-state index contributed by atoms with van der Waals surface area (Å²) in [5, 5.41) is 8.45. The number of methoxy groups -OCH3 is 1. The Bertz CT molecular complexity index is 788. The summed E-state index contributed by atoms with van der Waals surface area (Å²) in [5.74, 6) is 1.22. The second-order valence-corrected chi connectivity index (χ2v) is 3.93. The van der Waals surface area contributed by atoms with Gasteiger partial charge in [0.15, 0.2) is 0 Å². The summed E-state index contributed by atoms with van der Waals surface area (Å²) in [6, 6.07) is 5.40. The number of hydrogen-bond acceptors (Lipinski definition) is 4. The fourth-order valence-electron chi connectivity index (χ4n) is 2.13. The van der Waals surface area contributed by atoms with Gasteiger partial charge >= 0.3 is 0 Å². The van der Waals surface area contributed by atoms with Gasteiger partial charge in [-0.2, -0.15) is 0 Å². The lowest BCUT2D eigenvalue weighted by Crippen LogP contribution is -2.22. The van der Waals surface area contributed by atoms with Gasteiger partial charge < -0.3 is 4.74 Å². The molecule has 3 aromatic rings. The maximum absolute atomic E-state index is 12.4. The van der Waals surface area contributed by atoms with Crippen molar-refractivity contribution >= 4 is 16.7 Å². The Morgan fingerprint density at radius 1 is 1.39 bits per heavy atom. The molecule has 6 heteroatoms. The van der Waals surface area contributed by atoms with Gasteiger partial charge in [0.1, 0.15) is 12.1 Å². The molecule has 0 atom stereocenters. The molecule has 0 aliphatic carbocycles. The van der Waals surface area contributed by atoms with E-state index in [1.165, 1.54) is 0 Å². The molecule has 0 spiro atoms. The smallest absolute Gasteiger partial charge is 0.262 e. The van der Waals surface area contributed by atoms with Crippen LogP contribution in [0.4, 0.5) is 0 Å². The summed E-state index contributed by atoms with van der Waals surface area (Å²) >= 11 is 0. The highest BCUT2D eigenvalue weighted by Gasteiger charge is 2.11. The van der Waals surface area contributed by atoms with E-state index in [-0.39, 0.29) is 5.56 Å². The highest BCUT2D eigenvalue weighted by Crippen LogP contribution is 2.18. The lowest BCUT2D eigenvalue weighted by molar-refractivity contribution is 0.415. The summed E-state index contributed by atoms with van der Waals surface area (Å²) < 4.78 is 8.55. The molecule has 2 heterocycles. The van der Waals surface area contributed by atoms with E-state index < -0.39 is 0 Å². The molecule has 3 rings (SSSR count). The Hall–Kier alpha value is -2.37.